The number of nitrogens with two attached hydrogens (primary N) is 1. The summed E-state index contributed by atoms with van der Waals surface area (Å²) in [4.78, 5) is 8.98. The highest BCUT2D eigenvalue weighted by Crippen LogP contribution is 2.35. The van der Waals surface area contributed by atoms with Crippen molar-refractivity contribution >= 4 is 0 Å². The van der Waals surface area contributed by atoms with Crippen molar-refractivity contribution in [1.29, 1.82) is 0 Å². The van der Waals surface area contributed by atoms with E-state index in [1.54, 1.807) is 0 Å². The van der Waals surface area contributed by atoms with Crippen LogP contribution >= 0.6 is 0 Å². The second-order valence-electron chi connectivity index (χ2n) is 4.45. The van der Waals surface area contributed by atoms with Crippen LogP contribution in [-0.4, -0.2) is 16.5 Å². The summed E-state index contributed by atoms with van der Waals surface area (Å²) in [5.41, 5.74) is 6.78. The largest absolute Gasteiger partial charge is 0.330 e. The van der Waals surface area contributed by atoms with Crippen molar-refractivity contribution in [2.75, 3.05) is 6.54 Å². The van der Waals surface area contributed by atoms with E-state index >= 15 is 0 Å². The zero-order chi connectivity index (χ0) is 10.7. The molecule has 1 aromatic rings. The van der Waals surface area contributed by atoms with E-state index in [2.05, 4.69) is 23.0 Å². The molecule has 0 amide bonds. The van der Waals surface area contributed by atoms with Crippen molar-refractivity contribution in [1.82, 2.24) is 9.97 Å². The molecule has 0 radical (unpaired) electrons. The van der Waals surface area contributed by atoms with Crippen LogP contribution in [0.4, 0.5) is 0 Å². The minimum atomic E-state index is 0.384. The smallest absolute Gasteiger partial charge is 0.131 e. The molecule has 0 spiro atoms. The molecule has 1 fully saturated rings. The van der Waals surface area contributed by atoms with Gasteiger partial charge in [0.25, 0.3) is 0 Å². The third kappa shape index (κ3) is 2.34. The molecule has 1 unspecified atom stereocenters. The van der Waals surface area contributed by atoms with Crippen LogP contribution in [0.1, 0.15) is 56.0 Å². The monoisotopic (exact) mass is 205 g/mol. The zero-order valence-corrected chi connectivity index (χ0v) is 9.32. The molecule has 0 aromatic carbocycles. The molecule has 2 rings (SSSR count). The molecule has 1 aromatic heterocycles. The topological polar surface area (TPSA) is 51.8 Å². The standard InChI is InChI=1S/C12H19N3/c1-9(5-7-13)12-14-8-6-11(15-12)10-3-2-4-10/h6,8-10H,2-5,7,13H2,1H3. The molecule has 82 valence electrons. The zero-order valence-electron chi connectivity index (χ0n) is 9.32. The molecular weight excluding hydrogens is 186 g/mol. The lowest BCUT2D eigenvalue weighted by atomic mass is 9.83. The predicted octanol–water partition coefficient (Wildman–Crippen LogP) is 2.20. The molecular formula is C12H19N3. The molecule has 0 aliphatic heterocycles. The molecule has 3 nitrogen and oxygen atoms in total. The van der Waals surface area contributed by atoms with Gasteiger partial charge in [0.05, 0.1) is 0 Å². The highest BCUT2D eigenvalue weighted by molar-refractivity contribution is 5.12. The van der Waals surface area contributed by atoms with Crippen LogP contribution in [0.5, 0.6) is 0 Å². The Hall–Kier alpha value is -0.960. The Bertz CT molecular complexity index is 320. The van der Waals surface area contributed by atoms with Gasteiger partial charge in [0.15, 0.2) is 0 Å². The Balaban J connectivity index is 2.10. The maximum absolute atomic E-state index is 5.55. The fraction of sp³-hybridized carbons (Fsp3) is 0.667. The minimum absolute atomic E-state index is 0.384. The van der Waals surface area contributed by atoms with Crippen LogP contribution in [0.25, 0.3) is 0 Å². The van der Waals surface area contributed by atoms with Crippen LogP contribution in [-0.2, 0) is 0 Å². The quantitative estimate of drug-likeness (QED) is 0.819. The summed E-state index contributed by atoms with van der Waals surface area (Å²) in [6.07, 6.45) is 6.79. The predicted molar refractivity (Wildman–Crippen MR) is 60.7 cm³/mol. The van der Waals surface area contributed by atoms with E-state index in [0.717, 1.165) is 12.2 Å². The average Bonchev–Trinajstić information content (AvgIpc) is 2.16. The summed E-state index contributed by atoms with van der Waals surface area (Å²) >= 11 is 0. The lowest BCUT2D eigenvalue weighted by Crippen LogP contribution is -2.14. The Morgan fingerprint density at radius 3 is 2.93 bits per heavy atom. The van der Waals surface area contributed by atoms with Gasteiger partial charge in [-0.2, -0.15) is 0 Å². The number of nitrogens with zero attached hydrogens (tertiary/aromatic N) is 2. The molecule has 0 bridgehead atoms. The molecule has 1 aliphatic rings. The van der Waals surface area contributed by atoms with Gasteiger partial charge in [-0.15, -0.1) is 0 Å². The maximum Gasteiger partial charge on any atom is 0.131 e. The second-order valence-corrected chi connectivity index (χ2v) is 4.45. The van der Waals surface area contributed by atoms with Gasteiger partial charge in [0, 0.05) is 23.7 Å². The highest BCUT2D eigenvalue weighted by Gasteiger charge is 2.21. The SMILES string of the molecule is CC(CCN)c1nccc(C2CCC2)n1. The first-order valence-electron chi connectivity index (χ1n) is 5.84. The molecule has 2 N–H and O–H groups in total. The number of aromatic nitrogens is 2. The number of hydrogen-bond donors (Lipinski definition) is 1. The van der Waals surface area contributed by atoms with Gasteiger partial charge < -0.3 is 5.73 Å². The Kier molecular flexibility index (Phi) is 3.31. The minimum Gasteiger partial charge on any atom is -0.330 e. The Morgan fingerprint density at radius 1 is 1.53 bits per heavy atom. The van der Waals surface area contributed by atoms with Gasteiger partial charge in [-0.25, -0.2) is 9.97 Å². The van der Waals surface area contributed by atoms with Crippen LogP contribution in [0, 0.1) is 0 Å². The Labute approximate surface area is 91.1 Å². The summed E-state index contributed by atoms with van der Waals surface area (Å²) in [6.45, 7) is 2.85. The van der Waals surface area contributed by atoms with Gasteiger partial charge >= 0.3 is 0 Å². The summed E-state index contributed by atoms with van der Waals surface area (Å²) < 4.78 is 0. The van der Waals surface area contributed by atoms with Crippen molar-refractivity contribution < 1.29 is 0 Å². The normalized spacial score (nSPS) is 18.5. The molecule has 0 saturated heterocycles. The highest BCUT2D eigenvalue weighted by atomic mass is 14.9. The first kappa shape index (κ1) is 10.6. The summed E-state index contributed by atoms with van der Waals surface area (Å²) in [6, 6.07) is 2.06. The van der Waals surface area contributed by atoms with Crippen molar-refractivity contribution in [3.8, 4) is 0 Å². The molecule has 1 heterocycles. The number of rotatable bonds is 4. The third-order valence-corrected chi connectivity index (χ3v) is 3.26. The number of hydrogen-bond acceptors (Lipinski definition) is 3. The van der Waals surface area contributed by atoms with Crippen molar-refractivity contribution in [3.63, 3.8) is 0 Å². The van der Waals surface area contributed by atoms with Crippen LogP contribution in [0.15, 0.2) is 12.3 Å². The van der Waals surface area contributed by atoms with Gasteiger partial charge in [0.1, 0.15) is 5.82 Å². The van der Waals surface area contributed by atoms with E-state index in [9.17, 15) is 0 Å². The summed E-state index contributed by atoms with van der Waals surface area (Å²) in [7, 11) is 0. The molecule has 1 saturated carbocycles. The van der Waals surface area contributed by atoms with E-state index in [4.69, 9.17) is 5.73 Å². The average molecular weight is 205 g/mol. The van der Waals surface area contributed by atoms with Crippen LogP contribution in [0.3, 0.4) is 0 Å². The van der Waals surface area contributed by atoms with E-state index in [-0.39, 0.29) is 0 Å². The molecule has 15 heavy (non-hydrogen) atoms. The van der Waals surface area contributed by atoms with E-state index in [1.807, 2.05) is 6.20 Å². The van der Waals surface area contributed by atoms with Gasteiger partial charge in [0.2, 0.25) is 0 Å². The van der Waals surface area contributed by atoms with Gasteiger partial charge in [-0.3, -0.25) is 0 Å². The van der Waals surface area contributed by atoms with Crippen molar-refractivity contribution in [2.45, 2.75) is 44.4 Å². The summed E-state index contributed by atoms with van der Waals surface area (Å²) in [5.74, 6) is 2.04. The molecule has 3 heteroatoms. The van der Waals surface area contributed by atoms with Crippen molar-refractivity contribution in [3.05, 3.63) is 23.8 Å². The summed E-state index contributed by atoms with van der Waals surface area (Å²) in [5, 5.41) is 0. The van der Waals surface area contributed by atoms with E-state index < -0.39 is 0 Å². The van der Waals surface area contributed by atoms with Gasteiger partial charge in [-0.05, 0) is 31.9 Å². The maximum atomic E-state index is 5.55. The van der Waals surface area contributed by atoms with Crippen LogP contribution in [0.2, 0.25) is 0 Å². The van der Waals surface area contributed by atoms with Gasteiger partial charge in [-0.1, -0.05) is 13.3 Å². The molecule has 1 aliphatic carbocycles. The Morgan fingerprint density at radius 2 is 2.33 bits per heavy atom. The first-order chi connectivity index (χ1) is 7.31. The second kappa shape index (κ2) is 4.71. The van der Waals surface area contributed by atoms with Crippen molar-refractivity contribution in [2.24, 2.45) is 5.73 Å². The lowest BCUT2D eigenvalue weighted by Gasteiger charge is -2.25. The third-order valence-electron chi connectivity index (χ3n) is 3.26. The fourth-order valence-corrected chi connectivity index (χ4v) is 1.94. The molecule has 1 atom stereocenters. The van der Waals surface area contributed by atoms with Crippen LogP contribution < -0.4 is 5.73 Å². The van der Waals surface area contributed by atoms with E-state index in [0.29, 0.717) is 18.4 Å². The van der Waals surface area contributed by atoms with E-state index in [1.165, 1.54) is 25.0 Å². The fourth-order valence-electron chi connectivity index (χ4n) is 1.94. The lowest BCUT2D eigenvalue weighted by molar-refractivity contribution is 0.408. The first-order valence-corrected chi connectivity index (χ1v) is 5.84.